The Bertz CT molecular complexity index is 219. The van der Waals surface area contributed by atoms with Crippen LogP contribution in [-0.2, 0) is 4.79 Å². The SMILES string of the molecule is C/C=N\C(C)C/C=C/C(=O)CCCCC. The van der Waals surface area contributed by atoms with E-state index in [4.69, 9.17) is 0 Å². The van der Waals surface area contributed by atoms with Gasteiger partial charge in [-0.25, -0.2) is 0 Å². The molecule has 0 aromatic heterocycles. The van der Waals surface area contributed by atoms with E-state index >= 15 is 0 Å². The normalized spacial score (nSPS) is 13.8. The maximum atomic E-state index is 11.3. The number of carbonyl (C=O) groups excluding carboxylic acids is 1. The molecular formula is C13H23NO. The third-order valence-corrected chi connectivity index (χ3v) is 2.21. The van der Waals surface area contributed by atoms with Crippen molar-refractivity contribution in [2.45, 2.75) is 58.9 Å². The molecule has 0 aliphatic heterocycles. The topological polar surface area (TPSA) is 29.4 Å². The highest BCUT2D eigenvalue weighted by Gasteiger charge is 1.97. The van der Waals surface area contributed by atoms with Crippen molar-refractivity contribution in [2.75, 3.05) is 0 Å². The number of aliphatic imine (C=N–C) groups is 1. The lowest BCUT2D eigenvalue weighted by Gasteiger charge is -1.99. The fraction of sp³-hybridized carbons (Fsp3) is 0.692. The lowest BCUT2D eigenvalue weighted by atomic mass is 10.1. The molecule has 0 aromatic rings. The Labute approximate surface area is 93.5 Å². The predicted octanol–water partition coefficient (Wildman–Crippen LogP) is 3.56. The van der Waals surface area contributed by atoms with Crippen molar-refractivity contribution in [1.29, 1.82) is 0 Å². The summed E-state index contributed by atoms with van der Waals surface area (Å²) in [5.41, 5.74) is 0. The summed E-state index contributed by atoms with van der Waals surface area (Å²) in [5.74, 6) is 0.246. The van der Waals surface area contributed by atoms with Gasteiger partial charge in [-0.15, -0.1) is 0 Å². The number of allylic oxidation sites excluding steroid dienone is 1. The third-order valence-electron chi connectivity index (χ3n) is 2.21. The Balaban J connectivity index is 3.62. The van der Waals surface area contributed by atoms with Gasteiger partial charge < -0.3 is 0 Å². The Morgan fingerprint density at radius 3 is 2.73 bits per heavy atom. The van der Waals surface area contributed by atoms with Crippen LogP contribution in [0.2, 0.25) is 0 Å². The number of hydrogen-bond acceptors (Lipinski definition) is 2. The van der Waals surface area contributed by atoms with Crippen molar-refractivity contribution in [3.8, 4) is 0 Å². The molecule has 0 N–H and O–H groups in total. The van der Waals surface area contributed by atoms with E-state index in [-0.39, 0.29) is 11.8 Å². The number of unbranched alkanes of at least 4 members (excludes halogenated alkanes) is 2. The Morgan fingerprint density at radius 1 is 1.40 bits per heavy atom. The summed E-state index contributed by atoms with van der Waals surface area (Å²) in [6.07, 6.45) is 10.3. The zero-order valence-electron chi connectivity index (χ0n) is 10.2. The molecule has 0 aromatic carbocycles. The quantitative estimate of drug-likeness (QED) is 0.341. The minimum absolute atomic E-state index is 0.246. The molecule has 86 valence electrons. The number of ketones is 1. The largest absolute Gasteiger partial charge is 0.295 e. The molecule has 1 unspecified atom stereocenters. The maximum Gasteiger partial charge on any atom is 0.155 e. The van der Waals surface area contributed by atoms with Crippen LogP contribution in [0.3, 0.4) is 0 Å². The van der Waals surface area contributed by atoms with E-state index in [1.54, 1.807) is 6.08 Å². The van der Waals surface area contributed by atoms with Crippen LogP contribution in [0.1, 0.15) is 52.9 Å². The molecule has 0 aliphatic rings. The summed E-state index contributed by atoms with van der Waals surface area (Å²) in [7, 11) is 0. The number of rotatable bonds is 8. The second kappa shape index (κ2) is 9.63. The first kappa shape index (κ1) is 14.1. The minimum Gasteiger partial charge on any atom is -0.295 e. The summed E-state index contributed by atoms with van der Waals surface area (Å²) in [6, 6.07) is 0.287. The molecule has 0 amide bonds. The highest BCUT2D eigenvalue weighted by molar-refractivity contribution is 5.89. The van der Waals surface area contributed by atoms with Gasteiger partial charge in [0.05, 0.1) is 6.04 Å². The van der Waals surface area contributed by atoms with Gasteiger partial charge >= 0.3 is 0 Å². The molecule has 1 atom stereocenters. The van der Waals surface area contributed by atoms with E-state index in [9.17, 15) is 4.79 Å². The molecule has 15 heavy (non-hydrogen) atoms. The van der Waals surface area contributed by atoms with Crippen LogP contribution in [0.4, 0.5) is 0 Å². The zero-order chi connectivity index (χ0) is 11.5. The van der Waals surface area contributed by atoms with Gasteiger partial charge in [-0.1, -0.05) is 25.8 Å². The summed E-state index contributed by atoms with van der Waals surface area (Å²) in [4.78, 5) is 15.5. The smallest absolute Gasteiger partial charge is 0.155 e. The number of hydrogen-bond donors (Lipinski definition) is 0. The van der Waals surface area contributed by atoms with Gasteiger partial charge in [0, 0.05) is 6.42 Å². The molecule has 0 aliphatic carbocycles. The maximum absolute atomic E-state index is 11.3. The van der Waals surface area contributed by atoms with Crippen molar-refractivity contribution in [2.24, 2.45) is 4.99 Å². The summed E-state index contributed by atoms with van der Waals surface area (Å²) in [6.45, 7) is 6.10. The highest BCUT2D eigenvalue weighted by Crippen LogP contribution is 2.02. The molecule has 0 bridgehead atoms. The first-order valence-corrected chi connectivity index (χ1v) is 5.87. The van der Waals surface area contributed by atoms with Gasteiger partial charge in [-0.05, 0) is 39.0 Å². The van der Waals surface area contributed by atoms with Crippen LogP contribution >= 0.6 is 0 Å². The van der Waals surface area contributed by atoms with E-state index in [1.807, 2.05) is 26.1 Å². The van der Waals surface area contributed by atoms with E-state index in [0.29, 0.717) is 6.42 Å². The first-order valence-electron chi connectivity index (χ1n) is 5.87. The molecule has 0 fully saturated rings. The van der Waals surface area contributed by atoms with Crippen molar-refractivity contribution < 1.29 is 4.79 Å². The van der Waals surface area contributed by atoms with Crippen molar-refractivity contribution in [3.63, 3.8) is 0 Å². The van der Waals surface area contributed by atoms with Gasteiger partial charge in [-0.3, -0.25) is 9.79 Å². The molecule has 2 nitrogen and oxygen atoms in total. The second-order valence-corrected chi connectivity index (χ2v) is 3.82. The molecular weight excluding hydrogens is 186 g/mol. The van der Waals surface area contributed by atoms with Crippen molar-refractivity contribution in [1.82, 2.24) is 0 Å². The highest BCUT2D eigenvalue weighted by atomic mass is 16.1. The Hall–Kier alpha value is -0.920. The monoisotopic (exact) mass is 209 g/mol. The lowest BCUT2D eigenvalue weighted by molar-refractivity contribution is -0.114. The van der Waals surface area contributed by atoms with Crippen LogP contribution in [0.15, 0.2) is 17.1 Å². The van der Waals surface area contributed by atoms with Gasteiger partial charge in [0.15, 0.2) is 5.78 Å². The fourth-order valence-corrected chi connectivity index (χ4v) is 1.34. The predicted molar refractivity (Wildman–Crippen MR) is 66.5 cm³/mol. The van der Waals surface area contributed by atoms with Crippen LogP contribution in [0, 0.1) is 0 Å². The van der Waals surface area contributed by atoms with Gasteiger partial charge in [0.25, 0.3) is 0 Å². The van der Waals surface area contributed by atoms with Crippen LogP contribution in [0.5, 0.6) is 0 Å². The minimum atomic E-state index is 0.246. The van der Waals surface area contributed by atoms with Gasteiger partial charge in [0.2, 0.25) is 0 Å². The average Bonchev–Trinajstić information content (AvgIpc) is 2.18. The second-order valence-electron chi connectivity index (χ2n) is 3.82. The molecule has 0 saturated heterocycles. The number of nitrogens with zero attached hydrogens (tertiary/aromatic N) is 1. The molecule has 0 spiro atoms. The van der Waals surface area contributed by atoms with Gasteiger partial charge in [0.1, 0.15) is 0 Å². The lowest BCUT2D eigenvalue weighted by Crippen LogP contribution is -1.97. The first-order chi connectivity index (χ1) is 7.20. The Kier molecular flexibility index (Phi) is 9.04. The Morgan fingerprint density at radius 2 is 2.13 bits per heavy atom. The standard InChI is InChI=1S/C13H23NO/c1-4-6-7-10-13(15)11-8-9-12(3)14-5-2/h5,8,11-12H,4,6-7,9-10H2,1-3H3/b11-8+,14-5-. The van der Waals surface area contributed by atoms with E-state index in [0.717, 1.165) is 19.3 Å². The van der Waals surface area contributed by atoms with E-state index < -0.39 is 0 Å². The average molecular weight is 209 g/mol. The van der Waals surface area contributed by atoms with Crippen LogP contribution < -0.4 is 0 Å². The van der Waals surface area contributed by atoms with Crippen molar-refractivity contribution >= 4 is 12.0 Å². The summed E-state index contributed by atoms with van der Waals surface area (Å²) >= 11 is 0. The molecule has 0 rings (SSSR count). The fourth-order valence-electron chi connectivity index (χ4n) is 1.34. The van der Waals surface area contributed by atoms with Gasteiger partial charge in [-0.2, -0.15) is 0 Å². The van der Waals surface area contributed by atoms with Crippen LogP contribution in [0.25, 0.3) is 0 Å². The molecule has 0 saturated carbocycles. The molecule has 0 heterocycles. The zero-order valence-corrected chi connectivity index (χ0v) is 10.2. The summed E-state index contributed by atoms with van der Waals surface area (Å²) < 4.78 is 0. The molecule has 0 radical (unpaired) electrons. The van der Waals surface area contributed by atoms with E-state index in [1.165, 1.54) is 6.42 Å². The number of carbonyl (C=O) groups is 1. The third kappa shape index (κ3) is 9.39. The summed E-state index contributed by atoms with van der Waals surface area (Å²) in [5, 5.41) is 0. The van der Waals surface area contributed by atoms with E-state index in [2.05, 4.69) is 11.9 Å². The van der Waals surface area contributed by atoms with Crippen molar-refractivity contribution in [3.05, 3.63) is 12.2 Å². The molecule has 2 heteroatoms. The van der Waals surface area contributed by atoms with Crippen LogP contribution in [-0.4, -0.2) is 18.0 Å².